The molecule has 1 aromatic carbocycles. The number of halogens is 1. The van der Waals surface area contributed by atoms with Crippen LogP contribution in [0.5, 0.6) is 0 Å². The van der Waals surface area contributed by atoms with Gasteiger partial charge >= 0.3 is 0 Å². The maximum atomic E-state index is 3.53. The summed E-state index contributed by atoms with van der Waals surface area (Å²) in [6.45, 7) is 2.26. The summed E-state index contributed by atoms with van der Waals surface area (Å²) in [5, 5.41) is 0. The molecule has 0 aliphatic rings. The van der Waals surface area contributed by atoms with Gasteiger partial charge in [0.05, 0.1) is 0 Å². The van der Waals surface area contributed by atoms with E-state index in [2.05, 4.69) is 47.1 Å². The van der Waals surface area contributed by atoms with Crippen molar-refractivity contribution in [1.29, 1.82) is 0 Å². The maximum absolute atomic E-state index is 3.53. The first-order valence-corrected chi connectivity index (χ1v) is 7.46. The molecule has 0 aliphatic heterocycles. The molecule has 0 N–H and O–H groups in total. The second kappa shape index (κ2) is 9.47. The summed E-state index contributed by atoms with van der Waals surface area (Å²) in [7, 11) is 0. The van der Waals surface area contributed by atoms with Crippen LogP contribution >= 0.6 is 15.9 Å². The van der Waals surface area contributed by atoms with Crippen molar-refractivity contribution in [2.45, 2.75) is 51.9 Å². The standard InChI is InChI=1S/C16H22Br/c1-2-3-4-5-6-7-8-9-12-15-13-10-11-14-16(15)17/h9-10,12-14H,2-8H2,1H3. The quantitative estimate of drug-likeness (QED) is 0.515. The van der Waals surface area contributed by atoms with Crippen LogP contribution in [0.4, 0.5) is 0 Å². The highest BCUT2D eigenvalue weighted by molar-refractivity contribution is 9.10. The third-order valence-electron chi connectivity index (χ3n) is 2.87. The van der Waals surface area contributed by atoms with Crippen LogP contribution in [0.3, 0.4) is 0 Å². The second-order valence-electron chi connectivity index (χ2n) is 4.41. The Bertz CT molecular complexity index is 328. The van der Waals surface area contributed by atoms with Gasteiger partial charge < -0.3 is 0 Å². The number of unbranched alkanes of at least 4 members (excludes halogenated alkanes) is 6. The molecule has 0 aliphatic carbocycles. The molecule has 0 unspecified atom stereocenters. The minimum Gasteiger partial charge on any atom is -0.0839 e. The summed E-state index contributed by atoms with van der Waals surface area (Å²) in [4.78, 5) is 0. The molecule has 0 atom stereocenters. The second-order valence-corrected chi connectivity index (χ2v) is 5.26. The first-order valence-electron chi connectivity index (χ1n) is 6.66. The van der Waals surface area contributed by atoms with E-state index in [1.165, 1.54) is 50.5 Å². The Kier molecular flexibility index (Phi) is 8.08. The van der Waals surface area contributed by atoms with E-state index < -0.39 is 0 Å². The van der Waals surface area contributed by atoms with E-state index in [4.69, 9.17) is 0 Å². The lowest BCUT2D eigenvalue weighted by Crippen LogP contribution is -1.78. The van der Waals surface area contributed by atoms with E-state index in [9.17, 15) is 0 Å². The fraction of sp³-hybridized carbons (Fsp3) is 0.500. The van der Waals surface area contributed by atoms with E-state index in [-0.39, 0.29) is 0 Å². The lowest BCUT2D eigenvalue weighted by atomic mass is 10.1. The molecule has 0 heterocycles. The van der Waals surface area contributed by atoms with Gasteiger partial charge in [-0.25, -0.2) is 0 Å². The van der Waals surface area contributed by atoms with E-state index in [1.807, 2.05) is 12.1 Å². The average Bonchev–Trinajstić information content (AvgIpc) is 2.35. The maximum Gasteiger partial charge on any atom is 0.0253 e. The van der Waals surface area contributed by atoms with Crippen LogP contribution in [0.1, 0.15) is 57.4 Å². The lowest BCUT2D eigenvalue weighted by Gasteiger charge is -1.98. The molecule has 0 nitrogen and oxygen atoms in total. The highest BCUT2D eigenvalue weighted by Gasteiger charge is 1.92. The van der Waals surface area contributed by atoms with Gasteiger partial charge in [0.2, 0.25) is 0 Å². The normalized spacial score (nSPS) is 11.2. The van der Waals surface area contributed by atoms with E-state index in [1.54, 1.807) is 0 Å². The zero-order valence-corrected chi connectivity index (χ0v) is 12.3. The molecule has 17 heavy (non-hydrogen) atoms. The Balaban J connectivity index is 2.12. The monoisotopic (exact) mass is 293 g/mol. The molecule has 1 aromatic rings. The molecule has 0 saturated heterocycles. The zero-order chi connectivity index (χ0) is 12.3. The molecule has 1 heteroatoms. The van der Waals surface area contributed by atoms with Crippen molar-refractivity contribution < 1.29 is 0 Å². The largest absolute Gasteiger partial charge is 0.0839 e. The van der Waals surface area contributed by atoms with Crippen molar-refractivity contribution in [2.75, 3.05) is 0 Å². The van der Waals surface area contributed by atoms with E-state index >= 15 is 0 Å². The van der Waals surface area contributed by atoms with Crippen LogP contribution in [0.25, 0.3) is 6.08 Å². The molecule has 1 rings (SSSR count). The summed E-state index contributed by atoms with van der Waals surface area (Å²) >= 11 is 3.53. The minimum atomic E-state index is 1.12. The number of benzene rings is 1. The Morgan fingerprint density at radius 2 is 1.94 bits per heavy atom. The first kappa shape index (κ1) is 14.5. The highest BCUT2D eigenvalue weighted by atomic mass is 79.9. The lowest BCUT2D eigenvalue weighted by molar-refractivity contribution is 0.611. The Labute approximate surface area is 114 Å². The highest BCUT2D eigenvalue weighted by Crippen LogP contribution is 2.17. The molecule has 0 saturated carbocycles. The fourth-order valence-corrected chi connectivity index (χ4v) is 2.21. The van der Waals surface area contributed by atoms with Crippen LogP contribution < -0.4 is 0 Å². The third-order valence-corrected chi connectivity index (χ3v) is 3.55. The van der Waals surface area contributed by atoms with Gasteiger partial charge in [0, 0.05) is 4.47 Å². The van der Waals surface area contributed by atoms with E-state index in [0.29, 0.717) is 0 Å². The van der Waals surface area contributed by atoms with Crippen molar-refractivity contribution >= 4 is 22.0 Å². The smallest absolute Gasteiger partial charge is 0.0253 e. The van der Waals surface area contributed by atoms with Gasteiger partial charge in [0.1, 0.15) is 0 Å². The molecule has 0 aromatic heterocycles. The summed E-state index contributed by atoms with van der Waals surface area (Å²) < 4.78 is 1.12. The summed E-state index contributed by atoms with van der Waals surface area (Å²) in [5.74, 6) is 0. The summed E-state index contributed by atoms with van der Waals surface area (Å²) in [5.41, 5.74) is 1.25. The molecule has 0 bridgehead atoms. The van der Waals surface area contributed by atoms with Crippen LogP contribution in [-0.4, -0.2) is 0 Å². The van der Waals surface area contributed by atoms with Crippen LogP contribution in [0, 0.1) is 6.07 Å². The SMILES string of the molecule is CCCCCCCCC=Cc1cc[c]cc1Br. The van der Waals surface area contributed by atoms with Crippen LogP contribution in [0.2, 0.25) is 0 Å². The molecule has 1 radical (unpaired) electrons. The molecule has 0 fully saturated rings. The van der Waals surface area contributed by atoms with Crippen molar-refractivity contribution in [3.63, 3.8) is 0 Å². The van der Waals surface area contributed by atoms with Crippen LogP contribution in [-0.2, 0) is 0 Å². The average molecular weight is 294 g/mol. The number of hydrogen-bond donors (Lipinski definition) is 0. The van der Waals surface area contributed by atoms with Crippen molar-refractivity contribution in [3.8, 4) is 0 Å². The van der Waals surface area contributed by atoms with Gasteiger partial charge in [0.25, 0.3) is 0 Å². The fourth-order valence-electron chi connectivity index (χ4n) is 1.81. The molecule has 93 valence electrons. The van der Waals surface area contributed by atoms with Crippen molar-refractivity contribution in [3.05, 3.63) is 40.4 Å². The van der Waals surface area contributed by atoms with Crippen molar-refractivity contribution in [1.82, 2.24) is 0 Å². The van der Waals surface area contributed by atoms with E-state index in [0.717, 1.165) is 4.47 Å². The number of hydrogen-bond acceptors (Lipinski definition) is 0. The Morgan fingerprint density at radius 1 is 1.18 bits per heavy atom. The van der Waals surface area contributed by atoms with Gasteiger partial charge in [-0.1, -0.05) is 79.2 Å². The summed E-state index contributed by atoms with van der Waals surface area (Å²) in [6, 6.07) is 9.05. The third kappa shape index (κ3) is 6.68. The predicted octanol–water partition coefficient (Wildman–Crippen LogP) is 6.01. The Hall–Kier alpha value is -0.560. The van der Waals surface area contributed by atoms with Crippen molar-refractivity contribution in [2.24, 2.45) is 0 Å². The predicted molar refractivity (Wildman–Crippen MR) is 80.0 cm³/mol. The Morgan fingerprint density at radius 3 is 2.71 bits per heavy atom. The van der Waals surface area contributed by atoms with Gasteiger partial charge in [0.15, 0.2) is 0 Å². The summed E-state index contributed by atoms with van der Waals surface area (Å²) in [6.07, 6.45) is 13.9. The molecular formula is C16H22Br. The van der Waals surface area contributed by atoms with Gasteiger partial charge in [-0.15, -0.1) is 0 Å². The minimum absolute atomic E-state index is 1.12. The first-order chi connectivity index (χ1) is 8.34. The van der Waals surface area contributed by atoms with Crippen LogP contribution in [0.15, 0.2) is 28.7 Å². The molecule has 0 spiro atoms. The number of allylic oxidation sites excluding steroid dienone is 1. The van der Waals surface area contributed by atoms with Gasteiger partial charge in [-0.05, 0) is 30.5 Å². The van der Waals surface area contributed by atoms with Gasteiger partial charge in [-0.3, -0.25) is 0 Å². The molecular weight excluding hydrogens is 272 g/mol. The topological polar surface area (TPSA) is 0 Å². The zero-order valence-electron chi connectivity index (χ0n) is 10.7. The van der Waals surface area contributed by atoms with Gasteiger partial charge in [-0.2, -0.15) is 0 Å². The molecule has 0 amide bonds. The number of rotatable bonds is 8.